The van der Waals surface area contributed by atoms with E-state index in [1.54, 1.807) is 0 Å². The molecule has 2 unspecified atom stereocenters. The number of hydrogen-bond acceptors (Lipinski definition) is 5. The molecule has 1 fully saturated rings. The normalized spacial score (nSPS) is 24.3. The molecule has 0 aliphatic heterocycles. The number of hydrogen-bond donors (Lipinski definition) is 2. The summed E-state index contributed by atoms with van der Waals surface area (Å²) in [6, 6.07) is 0. The van der Waals surface area contributed by atoms with Crippen LogP contribution in [-0.4, -0.2) is 34.8 Å². The number of phosphoric ester groups is 1. The summed E-state index contributed by atoms with van der Waals surface area (Å²) in [6.07, 6.45) is -0.591. The molecule has 0 aromatic heterocycles. The molecule has 7 nitrogen and oxygen atoms in total. The summed E-state index contributed by atoms with van der Waals surface area (Å²) < 4.78 is 25.1. The van der Waals surface area contributed by atoms with Gasteiger partial charge in [0, 0.05) is 0 Å². The number of phosphoric acid groups is 1. The van der Waals surface area contributed by atoms with E-state index in [-0.39, 0.29) is 12.5 Å². The maximum atomic E-state index is 11.3. The largest absolute Gasteiger partial charge is 0.508 e. The maximum absolute atomic E-state index is 11.3. The molecule has 0 aromatic rings. The first-order valence-corrected chi connectivity index (χ1v) is 7.38. The second kappa shape index (κ2) is 6.52. The minimum atomic E-state index is -4.56. The highest BCUT2D eigenvalue weighted by Gasteiger charge is 2.36. The minimum absolute atomic E-state index is 0.197. The van der Waals surface area contributed by atoms with Gasteiger partial charge in [-0.3, -0.25) is 4.52 Å². The van der Waals surface area contributed by atoms with Gasteiger partial charge in [0.25, 0.3) is 0 Å². The molecule has 1 saturated carbocycles. The highest BCUT2D eigenvalue weighted by molar-refractivity contribution is 7.46. The van der Waals surface area contributed by atoms with Crippen LogP contribution in [-0.2, 0) is 18.6 Å². The standard InChI is InChI=1S/C10H19O7P/c1-7(2)6-15-10(11)16-8-4-3-5-9(8)17-18(12,13)14/h7-9H,3-6H2,1-2H3,(H2,12,13,14). The Bertz CT molecular complexity index is 324. The molecule has 8 heteroatoms. The fourth-order valence-electron chi connectivity index (χ4n) is 1.72. The van der Waals surface area contributed by atoms with E-state index in [1.165, 1.54) is 0 Å². The van der Waals surface area contributed by atoms with Gasteiger partial charge in [-0.15, -0.1) is 0 Å². The van der Waals surface area contributed by atoms with Crippen LogP contribution >= 0.6 is 7.82 Å². The first-order valence-electron chi connectivity index (χ1n) is 5.85. The summed E-state index contributed by atoms with van der Waals surface area (Å²) in [7, 11) is -4.56. The van der Waals surface area contributed by atoms with Crippen LogP contribution in [0, 0.1) is 5.92 Å². The zero-order valence-electron chi connectivity index (χ0n) is 10.4. The molecule has 106 valence electrons. The van der Waals surface area contributed by atoms with Crippen molar-refractivity contribution in [1.29, 1.82) is 0 Å². The van der Waals surface area contributed by atoms with Gasteiger partial charge in [-0.2, -0.15) is 0 Å². The molecular formula is C10H19O7P. The lowest BCUT2D eigenvalue weighted by atomic mass is 10.2. The van der Waals surface area contributed by atoms with Gasteiger partial charge in [0.15, 0.2) is 0 Å². The van der Waals surface area contributed by atoms with Crippen LogP contribution in [0.2, 0.25) is 0 Å². The van der Waals surface area contributed by atoms with Crippen molar-refractivity contribution in [2.24, 2.45) is 5.92 Å². The first-order chi connectivity index (χ1) is 8.28. The second-order valence-electron chi connectivity index (χ2n) is 4.68. The summed E-state index contributed by atoms with van der Waals surface area (Å²) in [6.45, 7) is 4.03. The Labute approximate surface area is 106 Å². The van der Waals surface area contributed by atoms with Gasteiger partial charge in [0.1, 0.15) is 12.2 Å². The van der Waals surface area contributed by atoms with Gasteiger partial charge in [0.2, 0.25) is 0 Å². The Kier molecular flexibility index (Phi) is 5.59. The van der Waals surface area contributed by atoms with Crippen LogP contribution in [0.5, 0.6) is 0 Å². The third kappa shape index (κ3) is 5.82. The van der Waals surface area contributed by atoms with Crippen molar-refractivity contribution in [2.75, 3.05) is 6.61 Å². The molecule has 2 atom stereocenters. The topological polar surface area (TPSA) is 102 Å². The number of rotatable bonds is 5. The van der Waals surface area contributed by atoms with Gasteiger partial charge in [0.05, 0.1) is 6.61 Å². The van der Waals surface area contributed by atoms with Crippen molar-refractivity contribution in [3.63, 3.8) is 0 Å². The van der Waals surface area contributed by atoms with Crippen LogP contribution in [0.15, 0.2) is 0 Å². The van der Waals surface area contributed by atoms with Crippen molar-refractivity contribution < 1.29 is 33.1 Å². The van der Waals surface area contributed by atoms with Gasteiger partial charge >= 0.3 is 14.0 Å². The molecule has 0 amide bonds. The van der Waals surface area contributed by atoms with Crippen molar-refractivity contribution in [3.05, 3.63) is 0 Å². The van der Waals surface area contributed by atoms with Crippen molar-refractivity contribution in [1.82, 2.24) is 0 Å². The Hall–Kier alpha value is -0.620. The Morgan fingerprint density at radius 1 is 1.33 bits per heavy atom. The fraction of sp³-hybridized carbons (Fsp3) is 0.900. The third-order valence-electron chi connectivity index (χ3n) is 2.45. The van der Waals surface area contributed by atoms with E-state index in [0.717, 1.165) is 0 Å². The Morgan fingerprint density at radius 2 is 1.94 bits per heavy atom. The Morgan fingerprint density at radius 3 is 2.50 bits per heavy atom. The van der Waals surface area contributed by atoms with Crippen molar-refractivity contribution in [3.8, 4) is 0 Å². The van der Waals surface area contributed by atoms with E-state index < -0.39 is 26.2 Å². The van der Waals surface area contributed by atoms with E-state index in [9.17, 15) is 9.36 Å². The van der Waals surface area contributed by atoms with Crippen LogP contribution in [0.3, 0.4) is 0 Å². The summed E-state index contributed by atoms with van der Waals surface area (Å²) in [5, 5.41) is 0. The fourth-order valence-corrected chi connectivity index (χ4v) is 2.31. The molecule has 1 aliphatic carbocycles. The average molecular weight is 282 g/mol. The molecule has 18 heavy (non-hydrogen) atoms. The summed E-state index contributed by atoms with van der Waals surface area (Å²) in [5.74, 6) is 0.197. The molecule has 2 N–H and O–H groups in total. The van der Waals surface area contributed by atoms with Crippen LogP contribution in [0.4, 0.5) is 4.79 Å². The first kappa shape index (κ1) is 15.4. The van der Waals surface area contributed by atoms with E-state index in [2.05, 4.69) is 4.52 Å². The summed E-state index contributed by atoms with van der Waals surface area (Å²) in [4.78, 5) is 28.8. The molecule has 0 spiro atoms. The quantitative estimate of drug-likeness (QED) is 0.585. The number of ether oxygens (including phenoxy) is 2. The van der Waals surface area contributed by atoms with Crippen molar-refractivity contribution >= 4 is 14.0 Å². The summed E-state index contributed by atoms with van der Waals surface area (Å²) in [5.41, 5.74) is 0. The monoisotopic (exact) mass is 282 g/mol. The van der Waals surface area contributed by atoms with Crippen LogP contribution in [0.25, 0.3) is 0 Å². The SMILES string of the molecule is CC(C)COC(=O)OC1CCCC1OP(=O)(O)O. The lowest BCUT2D eigenvalue weighted by Gasteiger charge is -2.20. The molecule has 1 aliphatic rings. The van der Waals surface area contributed by atoms with Crippen LogP contribution < -0.4 is 0 Å². The molecule has 1 rings (SSSR count). The number of carbonyl (C=O) groups is 1. The van der Waals surface area contributed by atoms with E-state index in [4.69, 9.17) is 19.3 Å². The predicted molar refractivity (Wildman–Crippen MR) is 61.8 cm³/mol. The van der Waals surface area contributed by atoms with E-state index >= 15 is 0 Å². The lowest BCUT2D eigenvalue weighted by molar-refractivity contribution is -0.0207. The van der Waals surface area contributed by atoms with Crippen molar-refractivity contribution in [2.45, 2.75) is 45.3 Å². The zero-order chi connectivity index (χ0) is 13.8. The van der Waals surface area contributed by atoms with Gasteiger partial charge < -0.3 is 19.3 Å². The van der Waals surface area contributed by atoms with Gasteiger partial charge in [-0.25, -0.2) is 9.36 Å². The van der Waals surface area contributed by atoms with E-state index in [0.29, 0.717) is 19.3 Å². The third-order valence-corrected chi connectivity index (χ3v) is 2.99. The van der Waals surface area contributed by atoms with Gasteiger partial charge in [-0.05, 0) is 25.2 Å². The highest BCUT2D eigenvalue weighted by atomic mass is 31.2. The van der Waals surface area contributed by atoms with Gasteiger partial charge in [-0.1, -0.05) is 13.8 Å². The van der Waals surface area contributed by atoms with Crippen LogP contribution in [0.1, 0.15) is 33.1 Å². The predicted octanol–water partition coefficient (Wildman–Crippen LogP) is 1.83. The molecule has 0 aromatic carbocycles. The maximum Gasteiger partial charge on any atom is 0.508 e. The second-order valence-corrected chi connectivity index (χ2v) is 5.87. The zero-order valence-corrected chi connectivity index (χ0v) is 11.3. The molecule has 0 bridgehead atoms. The summed E-state index contributed by atoms with van der Waals surface area (Å²) >= 11 is 0. The lowest BCUT2D eigenvalue weighted by Crippen LogP contribution is -2.28. The smallest absolute Gasteiger partial charge is 0.434 e. The number of carbonyl (C=O) groups excluding carboxylic acids is 1. The van der Waals surface area contributed by atoms with E-state index in [1.807, 2.05) is 13.8 Å². The molecular weight excluding hydrogens is 263 g/mol. The minimum Gasteiger partial charge on any atom is -0.434 e. The molecule has 0 heterocycles. The average Bonchev–Trinajstić information content (AvgIpc) is 2.60. The molecule has 0 saturated heterocycles. The highest BCUT2D eigenvalue weighted by Crippen LogP contribution is 2.42. The molecule has 0 radical (unpaired) electrons. The Balaban J connectivity index is 2.40.